The molecule has 3 heterocycles. The van der Waals surface area contributed by atoms with Crippen LogP contribution in [0.2, 0.25) is 0 Å². The number of rotatable bonds is 3. The first-order valence-electron chi connectivity index (χ1n) is 7.09. The molecule has 8 heteroatoms. The van der Waals surface area contributed by atoms with Gasteiger partial charge in [-0.3, -0.25) is 19.7 Å². The number of carboxylic acids is 1. The normalized spacial score (nSPS) is 34.0. The Balaban J connectivity index is 1.69. The molecule has 3 aliphatic heterocycles. The number of amides is 1. The van der Waals surface area contributed by atoms with E-state index < -0.39 is 34.4 Å². The topological polar surface area (TPSA) is 110 Å². The highest BCUT2D eigenvalue weighted by molar-refractivity contribution is 6.02. The van der Waals surface area contributed by atoms with E-state index in [-0.39, 0.29) is 18.1 Å². The smallest absolute Gasteiger partial charge is 0.310 e. The molecule has 2 saturated heterocycles. The molecule has 1 amide bonds. The van der Waals surface area contributed by atoms with Crippen LogP contribution in [0.1, 0.15) is 0 Å². The van der Waals surface area contributed by atoms with Crippen molar-refractivity contribution in [3.63, 3.8) is 0 Å². The lowest BCUT2D eigenvalue weighted by molar-refractivity contribution is -0.384. The number of nitrogens with zero attached hydrogens (tertiary/aromatic N) is 2. The van der Waals surface area contributed by atoms with Gasteiger partial charge in [0.1, 0.15) is 11.5 Å². The minimum Gasteiger partial charge on any atom is -0.481 e. The number of aliphatic carboxylic acids is 1. The summed E-state index contributed by atoms with van der Waals surface area (Å²) in [6.45, 7) is 0.213. The number of benzene rings is 1. The summed E-state index contributed by atoms with van der Waals surface area (Å²) in [5, 5.41) is 20.1. The van der Waals surface area contributed by atoms with Gasteiger partial charge in [-0.15, -0.1) is 0 Å². The molecule has 2 fully saturated rings. The number of anilines is 1. The van der Waals surface area contributed by atoms with E-state index in [1.165, 1.54) is 29.2 Å². The van der Waals surface area contributed by atoms with Crippen molar-refractivity contribution in [2.75, 3.05) is 11.4 Å². The van der Waals surface area contributed by atoms with Gasteiger partial charge in [0.2, 0.25) is 5.91 Å². The second-order valence-corrected chi connectivity index (χ2v) is 5.94. The van der Waals surface area contributed by atoms with Crippen molar-refractivity contribution >= 4 is 23.3 Å². The highest BCUT2D eigenvalue weighted by atomic mass is 16.6. The number of carboxylic acid groups (broad SMARTS) is 1. The highest BCUT2D eigenvalue weighted by Crippen LogP contribution is 2.52. The molecule has 0 radical (unpaired) electrons. The van der Waals surface area contributed by atoms with E-state index in [9.17, 15) is 24.8 Å². The molecule has 4 atom stereocenters. The van der Waals surface area contributed by atoms with E-state index >= 15 is 0 Å². The Bertz CT molecular complexity index is 758. The number of hydrogen-bond donors (Lipinski definition) is 1. The maximum Gasteiger partial charge on any atom is 0.310 e. The summed E-state index contributed by atoms with van der Waals surface area (Å²) in [7, 11) is 0. The fourth-order valence-corrected chi connectivity index (χ4v) is 3.75. The van der Waals surface area contributed by atoms with Crippen molar-refractivity contribution in [2.24, 2.45) is 11.8 Å². The Morgan fingerprint density at radius 1 is 1.39 bits per heavy atom. The van der Waals surface area contributed by atoms with Crippen LogP contribution in [0, 0.1) is 22.0 Å². The quantitative estimate of drug-likeness (QED) is 0.505. The molecule has 0 aliphatic carbocycles. The Morgan fingerprint density at radius 3 is 2.70 bits per heavy atom. The summed E-state index contributed by atoms with van der Waals surface area (Å²) in [6.07, 6.45) is 2.90. The second-order valence-electron chi connectivity index (χ2n) is 5.94. The van der Waals surface area contributed by atoms with Gasteiger partial charge in [0, 0.05) is 17.8 Å². The first-order valence-corrected chi connectivity index (χ1v) is 7.09. The Labute approximate surface area is 130 Å². The lowest BCUT2D eigenvalue weighted by Crippen LogP contribution is -2.39. The predicted molar refractivity (Wildman–Crippen MR) is 76.8 cm³/mol. The summed E-state index contributed by atoms with van der Waals surface area (Å²) >= 11 is 0. The fraction of sp³-hybridized carbons (Fsp3) is 0.333. The third-order valence-corrected chi connectivity index (χ3v) is 4.76. The molecule has 2 bridgehead atoms. The zero-order valence-electron chi connectivity index (χ0n) is 11.8. The van der Waals surface area contributed by atoms with E-state index in [1.54, 1.807) is 12.2 Å². The minimum absolute atomic E-state index is 0.0701. The van der Waals surface area contributed by atoms with Crippen LogP contribution in [0.5, 0.6) is 0 Å². The van der Waals surface area contributed by atoms with Crippen LogP contribution in [0.15, 0.2) is 36.4 Å². The number of carbonyl (C=O) groups excluding carboxylic acids is 1. The molecule has 8 nitrogen and oxygen atoms in total. The van der Waals surface area contributed by atoms with Gasteiger partial charge >= 0.3 is 5.97 Å². The van der Waals surface area contributed by atoms with Crippen LogP contribution in [0.3, 0.4) is 0 Å². The van der Waals surface area contributed by atoms with E-state index in [1.807, 2.05) is 0 Å². The largest absolute Gasteiger partial charge is 0.481 e. The molecule has 0 saturated carbocycles. The number of nitro groups is 1. The van der Waals surface area contributed by atoms with Crippen molar-refractivity contribution in [2.45, 2.75) is 11.7 Å². The van der Waals surface area contributed by atoms with Crippen molar-refractivity contribution in [3.8, 4) is 0 Å². The predicted octanol–water partition coefficient (Wildman–Crippen LogP) is 0.966. The molecular formula is C15H12N2O6. The molecule has 0 unspecified atom stereocenters. The Morgan fingerprint density at radius 2 is 2.09 bits per heavy atom. The summed E-state index contributed by atoms with van der Waals surface area (Å²) in [6, 6.07) is 5.60. The number of non-ortho nitro benzene ring substituents is 1. The van der Waals surface area contributed by atoms with E-state index in [4.69, 9.17) is 4.74 Å². The maximum atomic E-state index is 12.7. The number of hydrogen-bond acceptors (Lipinski definition) is 5. The standard InChI is InChI=1S/C15H12N2O6/c18-13-12-11(14(19)20)10-5-6-15(12,23-10)7-16(13)8-1-3-9(4-2-8)17(21)22/h1-6,10-12H,7H2,(H,19,20)/t10-,11-,12+,15+/m1/s1. The van der Waals surface area contributed by atoms with Gasteiger partial charge < -0.3 is 14.7 Å². The van der Waals surface area contributed by atoms with Crippen molar-refractivity contribution in [3.05, 3.63) is 46.5 Å². The van der Waals surface area contributed by atoms with Crippen molar-refractivity contribution in [1.29, 1.82) is 0 Å². The molecule has 1 spiro atoms. The number of carbonyl (C=O) groups is 2. The first-order chi connectivity index (χ1) is 10.9. The molecule has 118 valence electrons. The molecule has 23 heavy (non-hydrogen) atoms. The average molecular weight is 316 g/mol. The zero-order valence-corrected chi connectivity index (χ0v) is 11.8. The molecular weight excluding hydrogens is 304 g/mol. The van der Waals surface area contributed by atoms with Crippen LogP contribution < -0.4 is 4.90 Å². The SMILES string of the molecule is O=C(O)[C@H]1[C@H]2C(=O)N(c3ccc([N+](=O)[O-])cc3)C[C@@]23C=C[C@H]1O3. The molecule has 3 aliphatic rings. The molecule has 0 aromatic heterocycles. The van der Waals surface area contributed by atoms with Crippen LogP contribution in [-0.2, 0) is 14.3 Å². The van der Waals surface area contributed by atoms with Crippen molar-refractivity contribution in [1.82, 2.24) is 0 Å². The average Bonchev–Trinajstić information content (AvgIpc) is 3.15. The highest BCUT2D eigenvalue weighted by Gasteiger charge is 2.67. The van der Waals surface area contributed by atoms with Crippen LogP contribution in [0.25, 0.3) is 0 Å². The Hall–Kier alpha value is -2.74. The second kappa shape index (κ2) is 4.39. The lowest BCUT2D eigenvalue weighted by atomic mass is 9.77. The zero-order chi connectivity index (χ0) is 16.4. The summed E-state index contributed by atoms with van der Waals surface area (Å²) in [4.78, 5) is 35.8. The van der Waals surface area contributed by atoms with E-state index in [2.05, 4.69) is 0 Å². The van der Waals surface area contributed by atoms with Gasteiger partial charge in [-0.25, -0.2) is 0 Å². The summed E-state index contributed by atoms with van der Waals surface area (Å²) in [5.41, 5.74) is -0.486. The van der Waals surface area contributed by atoms with E-state index in [0.29, 0.717) is 5.69 Å². The number of ether oxygens (including phenoxy) is 1. The van der Waals surface area contributed by atoms with Gasteiger partial charge in [-0.1, -0.05) is 12.2 Å². The monoisotopic (exact) mass is 316 g/mol. The van der Waals surface area contributed by atoms with Gasteiger partial charge in [0.15, 0.2) is 0 Å². The van der Waals surface area contributed by atoms with Gasteiger partial charge in [-0.05, 0) is 12.1 Å². The van der Waals surface area contributed by atoms with Crippen molar-refractivity contribution < 1.29 is 24.4 Å². The maximum absolute atomic E-state index is 12.7. The van der Waals surface area contributed by atoms with Gasteiger partial charge in [0.25, 0.3) is 5.69 Å². The lowest BCUT2D eigenvalue weighted by Gasteiger charge is -2.21. The third kappa shape index (κ3) is 1.75. The Kier molecular flexibility index (Phi) is 2.65. The van der Waals surface area contributed by atoms with E-state index in [0.717, 1.165) is 0 Å². The van der Waals surface area contributed by atoms with Crippen LogP contribution in [-0.4, -0.2) is 40.2 Å². The summed E-state index contributed by atoms with van der Waals surface area (Å²) < 4.78 is 5.78. The minimum atomic E-state index is -1.05. The fourth-order valence-electron chi connectivity index (χ4n) is 3.75. The van der Waals surface area contributed by atoms with Gasteiger partial charge in [0.05, 0.1) is 23.5 Å². The van der Waals surface area contributed by atoms with Crippen LogP contribution in [0.4, 0.5) is 11.4 Å². The van der Waals surface area contributed by atoms with Gasteiger partial charge in [-0.2, -0.15) is 0 Å². The molecule has 1 aromatic rings. The van der Waals surface area contributed by atoms with Crippen LogP contribution >= 0.6 is 0 Å². The first kappa shape index (κ1) is 13.9. The molecule has 1 aromatic carbocycles. The third-order valence-electron chi connectivity index (χ3n) is 4.76. The molecule has 1 N–H and O–H groups in total. The summed E-state index contributed by atoms with van der Waals surface area (Å²) in [5.74, 6) is -3.02. The molecule has 4 rings (SSSR count). The number of nitro benzene ring substituents is 1. The number of fused-ring (bicyclic) bond motifs is 1.